The molecular formula is C20H25N3O3S. The van der Waals surface area contributed by atoms with Crippen LogP contribution in [0.4, 0.5) is 5.69 Å². The van der Waals surface area contributed by atoms with Crippen LogP contribution in [0.3, 0.4) is 0 Å². The molecule has 0 spiro atoms. The number of carbonyl (C=O) groups excluding carboxylic acids is 2. The third kappa shape index (κ3) is 6.06. The van der Waals surface area contributed by atoms with Gasteiger partial charge in [-0.15, -0.1) is 0 Å². The van der Waals surface area contributed by atoms with Gasteiger partial charge in [0.25, 0.3) is 5.91 Å². The lowest BCUT2D eigenvalue weighted by Crippen LogP contribution is -2.30. The van der Waals surface area contributed by atoms with Crippen molar-refractivity contribution < 1.29 is 14.3 Å². The van der Waals surface area contributed by atoms with Crippen LogP contribution in [0.2, 0.25) is 0 Å². The number of esters is 1. The summed E-state index contributed by atoms with van der Waals surface area (Å²) in [5.74, 6) is -0.776. The molecule has 2 aromatic rings. The molecule has 1 aromatic heterocycles. The van der Waals surface area contributed by atoms with Crippen LogP contribution in [-0.2, 0) is 20.7 Å². The summed E-state index contributed by atoms with van der Waals surface area (Å²) in [6, 6.07) is 7.43. The number of hydrogen-bond acceptors (Lipinski definition) is 6. The van der Waals surface area contributed by atoms with Gasteiger partial charge in [0.15, 0.2) is 11.3 Å². The Morgan fingerprint density at radius 3 is 2.26 bits per heavy atom. The van der Waals surface area contributed by atoms with Crippen molar-refractivity contribution in [3.05, 3.63) is 46.8 Å². The third-order valence-corrected chi connectivity index (χ3v) is 4.71. The van der Waals surface area contributed by atoms with Gasteiger partial charge in [0.1, 0.15) is 0 Å². The smallest absolute Gasteiger partial charge is 0.306 e. The fourth-order valence-electron chi connectivity index (χ4n) is 2.58. The Labute approximate surface area is 164 Å². The zero-order chi connectivity index (χ0) is 20.0. The zero-order valence-corrected chi connectivity index (χ0v) is 17.1. The molecule has 7 heteroatoms. The molecule has 0 saturated heterocycles. The van der Waals surface area contributed by atoms with E-state index in [1.54, 1.807) is 6.92 Å². The Morgan fingerprint density at radius 1 is 1.11 bits per heavy atom. The molecule has 0 saturated carbocycles. The van der Waals surface area contributed by atoms with Gasteiger partial charge < -0.3 is 10.1 Å². The van der Waals surface area contributed by atoms with Gasteiger partial charge in [-0.05, 0) is 58.1 Å². The lowest BCUT2D eigenvalue weighted by atomic mass is 10.1. The van der Waals surface area contributed by atoms with Gasteiger partial charge in [0.2, 0.25) is 0 Å². The Bertz CT molecular complexity index is 799. The highest BCUT2D eigenvalue weighted by molar-refractivity contribution is 7.98. The first kappa shape index (κ1) is 20.9. The Hall–Kier alpha value is -2.41. The number of anilines is 1. The minimum absolute atomic E-state index is 0.172. The van der Waals surface area contributed by atoms with Crippen molar-refractivity contribution in [3.63, 3.8) is 0 Å². The number of benzene rings is 1. The highest BCUT2D eigenvalue weighted by Gasteiger charge is 2.19. The molecule has 0 radical (unpaired) electrons. The molecule has 0 fully saturated rings. The minimum atomic E-state index is -0.865. The number of nitrogens with zero attached hydrogens (tertiary/aromatic N) is 2. The van der Waals surface area contributed by atoms with E-state index in [2.05, 4.69) is 15.3 Å². The maximum atomic E-state index is 12.2. The number of aromatic nitrogens is 2. The molecule has 0 bridgehead atoms. The summed E-state index contributed by atoms with van der Waals surface area (Å²) in [5, 5.41) is 3.46. The summed E-state index contributed by atoms with van der Waals surface area (Å²) >= 11 is 1.48. The van der Waals surface area contributed by atoms with Gasteiger partial charge in [0, 0.05) is 23.5 Å². The van der Waals surface area contributed by atoms with E-state index in [9.17, 15) is 9.59 Å². The fraction of sp³-hybridized carbons (Fsp3) is 0.400. The van der Waals surface area contributed by atoms with E-state index in [1.807, 2.05) is 51.3 Å². The van der Waals surface area contributed by atoms with Gasteiger partial charge in [-0.2, -0.15) is 0 Å². The molecule has 144 valence electrons. The van der Waals surface area contributed by atoms with Crippen molar-refractivity contribution in [2.24, 2.45) is 0 Å². The van der Waals surface area contributed by atoms with E-state index >= 15 is 0 Å². The van der Waals surface area contributed by atoms with Gasteiger partial charge >= 0.3 is 5.97 Å². The molecule has 0 aliphatic rings. The summed E-state index contributed by atoms with van der Waals surface area (Å²) < 4.78 is 5.26. The second-order valence-electron chi connectivity index (χ2n) is 6.35. The normalized spacial score (nSPS) is 11.7. The largest absolute Gasteiger partial charge is 0.453 e. The van der Waals surface area contributed by atoms with Crippen LogP contribution in [0.5, 0.6) is 0 Å². The number of hydrogen-bond donors (Lipinski definition) is 1. The predicted octanol–water partition coefficient (Wildman–Crippen LogP) is 3.63. The van der Waals surface area contributed by atoms with Gasteiger partial charge in [-0.3, -0.25) is 9.59 Å². The molecule has 27 heavy (non-hydrogen) atoms. The Kier molecular flexibility index (Phi) is 7.36. The number of aryl methyl sites for hydroxylation is 3. The number of thioether (sulfide) groups is 1. The average Bonchev–Trinajstić information content (AvgIpc) is 2.62. The van der Waals surface area contributed by atoms with Crippen molar-refractivity contribution in [3.8, 4) is 0 Å². The van der Waals surface area contributed by atoms with Crippen LogP contribution < -0.4 is 5.32 Å². The summed E-state index contributed by atoms with van der Waals surface area (Å²) in [6.07, 6.45) is 1.72. The van der Waals surface area contributed by atoms with Crippen molar-refractivity contribution >= 4 is 29.3 Å². The molecule has 1 amide bonds. The molecule has 1 aromatic carbocycles. The van der Waals surface area contributed by atoms with Crippen LogP contribution in [0.15, 0.2) is 29.4 Å². The Morgan fingerprint density at radius 2 is 1.70 bits per heavy atom. The van der Waals surface area contributed by atoms with Crippen LogP contribution in [-0.4, -0.2) is 34.2 Å². The molecule has 0 aliphatic carbocycles. The third-order valence-electron chi connectivity index (χ3n) is 4.16. The maximum Gasteiger partial charge on any atom is 0.306 e. The highest BCUT2D eigenvalue weighted by atomic mass is 32.2. The van der Waals surface area contributed by atoms with E-state index in [-0.39, 0.29) is 12.3 Å². The fourth-order valence-corrected chi connectivity index (χ4v) is 3.04. The van der Waals surface area contributed by atoms with Gasteiger partial charge in [0.05, 0.1) is 0 Å². The monoisotopic (exact) mass is 387 g/mol. The molecule has 0 aliphatic heterocycles. The van der Waals surface area contributed by atoms with Crippen molar-refractivity contribution in [2.45, 2.75) is 51.8 Å². The van der Waals surface area contributed by atoms with E-state index < -0.39 is 12.1 Å². The van der Waals surface area contributed by atoms with Crippen LogP contribution in [0, 0.1) is 20.8 Å². The molecule has 6 nitrogen and oxygen atoms in total. The zero-order valence-electron chi connectivity index (χ0n) is 16.3. The van der Waals surface area contributed by atoms with E-state index in [0.717, 1.165) is 27.7 Å². The second-order valence-corrected chi connectivity index (χ2v) is 7.12. The lowest BCUT2D eigenvalue weighted by molar-refractivity contribution is -0.153. The van der Waals surface area contributed by atoms with E-state index in [1.165, 1.54) is 11.8 Å². The molecule has 2 rings (SSSR count). The van der Waals surface area contributed by atoms with Crippen LogP contribution in [0.1, 0.15) is 35.9 Å². The average molecular weight is 388 g/mol. The van der Waals surface area contributed by atoms with Crippen molar-refractivity contribution in [1.82, 2.24) is 9.97 Å². The van der Waals surface area contributed by atoms with Crippen LogP contribution in [0.25, 0.3) is 0 Å². The first-order chi connectivity index (χ1) is 12.8. The Balaban J connectivity index is 1.88. The second kappa shape index (κ2) is 9.50. The molecule has 0 unspecified atom stereocenters. The highest BCUT2D eigenvalue weighted by Crippen LogP contribution is 2.17. The minimum Gasteiger partial charge on any atom is -0.453 e. The molecule has 1 N–H and O–H groups in total. The predicted molar refractivity (Wildman–Crippen MR) is 107 cm³/mol. The maximum absolute atomic E-state index is 12.2. The van der Waals surface area contributed by atoms with Crippen molar-refractivity contribution in [1.29, 1.82) is 0 Å². The number of nitrogens with one attached hydrogen (secondary N) is 1. The van der Waals surface area contributed by atoms with Gasteiger partial charge in [-0.25, -0.2) is 9.97 Å². The number of rotatable bonds is 7. The SMILES string of the molecule is CSc1nc(C)c(CCC(=O)O[C@@H](C)C(=O)Nc2ccc(C)cc2)c(C)n1. The summed E-state index contributed by atoms with van der Waals surface area (Å²) in [6.45, 7) is 7.35. The van der Waals surface area contributed by atoms with E-state index in [4.69, 9.17) is 4.74 Å². The first-order valence-electron chi connectivity index (χ1n) is 8.75. The topological polar surface area (TPSA) is 81.2 Å². The number of ether oxygens (including phenoxy) is 1. The molecule has 1 atom stereocenters. The van der Waals surface area contributed by atoms with Crippen molar-refractivity contribution in [2.75, 3.05) is 11.6 Å². The summed E-state index contributed by atoms with van der Waals surface area (Å²) in [5.41, 5.74) is 4.45. The summed E-state index contributed by atoms with van der Waals surface area (Å²) in [4.78, 5) is 33.1. The van der Waals surface area contributed by atoms with Gasteiger partial charge in [-0.1, -0.05) is 29.5 Å². The molecular weight excluding hydrogens is 362 g/mol. The molecule has 1 heterocycles. The number of amides is 1. The van der Waals surface area contributed by atoms with Crippen LogP contribution >= 0.6 is 11.8 Å². The van der Waals surface area contributed by atoms with E-state index in [0.29, 0.717) is 12.1 Å². The number of carbonyl (C=O) groups is 2. The standard InChI is InChI=1S/C20H25N3O3S/c1-12-6-8-16(9-7-12)23-19(25)15(4)26-18(24)11-10-17-13(2)21-20(27-5)22-14(17)3/h6-9,15H,10-11H2,1-5H3,(H,23,25)/t15-/m0/s1. The quantitative estimate of drug-likeness (QED) is 0.444. The summed E-state index contributed by atoms with van der Waals surface area (Å²) in [7, 11) is 0. The first-order valence-corrected chi connectivity index (χ1v) is 9.97. The lowest BCUT2D eigenvalue weighted by Gasteiger charge is -2.14.